The van der Waals surface area contributed by atoms with Crippen LogP contribution < -0.4 is 19.5 Å². The molecule has 162 valence electrons. The highest BCUT2D eigenvalue weighted by Crippen LogP contribution is 2.31. The lowest BCUT2D eigenvalue weighted by Crippen LogP contribution is -2.34. The first-order valence-corrected chi connectivity index (χ1v) is 10.5. The number of amides is 1. The maximum atomic E-state index is 12.2. The molecule has 0 heterocycles. The van der Waals surface area contributed by atoms with Crippen LogP contribution in [0.15, 0.2) is 47.4 Å². The molecule has 0 saturated heterocycles. The van der Waals surface area contributed by atoms with Crippen molar-refractivity contribution in [1.82, 2.24) is 10.0 Å². The minimum absolute atomic E-state index is 0.0563. The van der Waals surface area contributed by atoms with Gasteiger partial charge in [0.15, 0.2) is 11.5 Å². The number of carbonyl (C=O) groups is 1. The summed E-state index contributed by atoms with van der Waals surface area (Å²) >= 11 is 0. The van der Waals surface area contributed by atoms with Crippen molar-refractivity contribution in [2.24, 2.45) is 0 Å². The molecule has 11 heteroatoms. The van der Waals surface area contributed by atoms with E-state index in [1.807, 2.05) is 6.07 Å². The van der Waals surface area contributed by atoms with Crippen molar-refractivity contribution in [2.45, 2.75) is 17.7 Å². The maximum Gasteiger partial charge on any atom is 0.270 e. The molecular formula is C19H23N3O7S. The molecule has 0 unspecified atom stereocenters. The number of nitro groups is 1. The molecule has 0 fully saturated rings. The van der Waals surface area contributed by atoms with Crippen LogP contribution in [0.2, 0.25) is 0 Å². The summed E-state index contributed by atoms with van der Waals surface area (Å²) in [5, 5.41) is 13.4. The molecule has 2 aromatic rings. The Morgan fingerprint density at radius 1 is 1.10 bits per heavy atom. The van der Waals surface area contributed by atoms with Crippen LogP contribution >= 0.6 is 0 Å². The van der Waals surface area contributed by atoms with Crippen LogP contribution in [0.4, 0.5) is 5.69 Å². The summed E-state index contributed by atoms with van der Waals surface area (Å²) in [5.41, 5.74) is 0.498. The number of hydrogen-bond acceptors (Lipinski definition) is 7. The molecule has 2 rings (SSSR count). The second-order valence-electron chi connectivity index (χ2n) is 6.15. The van der Waals surface area contributed by atoms with Crippen molar-refractivity contribution in [2.75, 3.05) is 27.3 Å². The van der Waals surface area contributed by atoms with Crippen LogP contribution in [0, 0.1) is 10.1 Å². The first-order valence-electron chi connectivity index (χ1n) is 8.99. The summed E-state index contributed by atoms with van der Waals surface area (Å²) in [4.78, 5) is 21.9. The van der Waals surface area contributed by atoms with Gasteiger partial charge >= 0.3 is 0 Å². The van der Waals surface area contributed by atoms with E-state index in [2.05, 4.69) is 10.0 Å². The van der Waals surface area contributed by atoms with Crippen molar-refractivity contribution in [3.05, 3.63) is 58.1 Å². The highest BCUT2D eigenvalue weighted by molar-refractivity contribution is 7.89. The van der Waals surface area contributed by atoms with Crippen LogP contribution in [0.5, 0.6) is 11.5 Å². The number of aryl methyl sites for hydroxylation is 1. The van der Waals surface area contributed by atoms with Crippen molar-refractivity contribution < 1.29 is 27.6 Å². The van der Waals surface area contributed by atoms with Gasteiger partial charge in [-0.1, -0.05) is 18.2 Å². The number of benzene rings is 2. The van der Waals surface area contributed by atoms with E-state index < -0.39 is 14.9 Å². The largest absolute Gasteiger partial charge is 0.493 e. The average Bonchev–Trinajstić information content (AvgIpc) is 2.74. The SMILES string of the molecule is COc1cccc(CCC(=O)NCCNS(=O)(=O)c2cccc([N+](=O)[O-])c2)c1OC. The molecule has 0 atom stereocenters. The zero-order valence-electron chi connectivity index (χ0n) is 16.6. The van der Waals surface area contributed by atoms with E-state index in [1.54, 1.807) is 12.1 Å². The molecule has 0 aliphatic heterocycles. The number of rotatable bonds is 11. The topological polar surface area (TPSA) is 137 Å². The van der Waals surface area contributed by atoms with Crippen molar-refractivity contribution >= 4 is 21.6 Å². The number of nitrogens with one attached hydrogen (secondary N) is 2. The summed E-state index contributed by atoms with van der Waals surface area (Å²) in [7, 11) is -0.869. The zero-order chi connectivity index (χ0) is 22.1. The van der Waals surface area contributed by atoms with Gasteiger partial charge in [0.25, 0.3) is 5.69 Å². The molecule has 10 nitrogen and oxygen atoms in total. The Morgan fingerprint density at radius 2 is 1.83 bits per heavy atom. The highest BCUT2D eigenvalue weighted by atomic mass is 32.2. The van der Waals surface area contributed by atoms with Gasteiger partial charge in [0.2, 0.25) is 15.9 Å². The second-order valence-corrected chi connectivity index (χ2v) is 7.92. The number of carbonyl (C=O) groups excluding carboxylic acids is 1. The predicted octanol–water partition coefficient (Wildman–Crippen LogP) is 1.64. The lowest BCUT2D eigenvalue weighted by atomic mass is 10.1. The van der Waals surface area contributed by atoms with E-state index in [0.29, 0.717) is 17.9 Å². The molecule has 0 aromatic heterocycles. The first-order chi connectivity index (χ1) is 14.3. The van der Waals surface area contributed by atoms with E-state index in [1.165, 1.54) is 32.4 Å². The fourth-order valence-electron chi connectivity index (χ4n) is 2.72. The Hall–Kier alpha value is -3.18. The van der Waals surface area contributed by atoms with E-state index in [0.717, 1.165) is 11.6 Å². The lowest BCUT2D eigenvalue weighted by Gasteiger charge is -2.12. The number of non-ortho nitro benzene ring substituents is 1. The lowest BCUT2D eigenvalue weighted by molar-refractivity contribution is -0.385. The molecule has 0 radical (unpaired) electrons. The van der Waals surface area contributed by atoms with Crippen LogP contribution in [-0.2, 0) is 21.2 Å². The summed E-state index contributed by atoms with van der Waals surface area (Å²) in [6.07, 6.45) is 0.604. The fourth-order valence-corrected chi connectivity index (χ4v) is 3.79. The van der Waals surface area contributed by atoms with Crippen molar-refractivity contribution in [1.29, 1.82) is 0 Å². The Labute approximate surface area is 174 Å². The third-order valence-corrected chi connectivity index (χ3v) is 5.64. The van der Waals surface area contributed by atoms with E-state index in [9.17, 15) is 23.3 Å². The molecule has 1 amide bonds. The molecule has 0 bridgehead atoms. The van der Waals surface area contributed by atoms with Gasteiger partial charge in [-0.3, -0.25) is 14.9 Å². The number of methoxy groups -OCH3 is 2. The molecule has 0 saturated carbocycles. The number of nitro benzene ring substituents is 1. The molecular weight excluding hydrogens is 414 g/mol. The van der Waals surface area contributed by atoms with Crippen LogP contribution in [0.25, 0.3) is 0 Å². The number of para-hydroxylation sites is 1. The Bertz CT molecular complexity index is 1010. The number of hydrogen-bond donors (Lipinski definition) is 2. The van der Waals surface area contributed by atoms with Gasteiger partial charge in [0, 0.05) is 31.6 Å². The summed E-state index contributed by atoms with van der Waals surface area (Å²) < 4.78 is 37.3. The number of sulfonamides is 1. The fraction of sp³-hybridized carbons (Fsp3) is 0.316. The van der Waals surface area contributed by atoms with E-state index >= 15 is 0 Å². The second kappa shape index (κ2) is 10.6. The Morgan fingerprint density at radius 3 is 2.50 bits per heavy atom. The van der Waals surface area contributed by atoms with Gasteiger partial charge in [-0.2, -0.15) is 0 Å². The molecule has 2 N–H and O–H groups in total. The number of nitrogens with zero attached hydrogens (tertiary/aromatic N) is 1. The van der Waals surface area contributed by atoms with Gasteiger partial charge in [-0.25, -0.2) is 13.1 Å². The maximum absolute atomic E-state index is 12.2. The first kappa shape index (κ1) is 23.1. The standard InChI is InChI=1S/C19H23N3O7S/c1-28-17-8-3-5-14(19(17)29-2)9-10-18(23)20-11-12-21-30(26,27)16-7-4-6-15(13-16)22(24)25/h3-8,13,21H,9-12H2,1-2H3,(H,20,23). The Kier molecular flexibility index (Phi) is 8.13. The summed E-state index contributed by atoms with van der Waals surface area (Å²) in [6, 6.07) is 10.1. The number of ether oxygens (including phenoxy) is 2. The average molecular weight is 437 g/mol. The van der Waals surface area contributed by atoms with E-state index in [-0.39, 0.29) is 36.0 Å². The molecule has 0 aliphatic rings. The molecule has 0 aliphatic carbocycles. The molecule has 0 spiro atoms. The third-order valence-electron chi connectivity index (χ3n) is 4.18. The van der Waals surface area contributed by atoms with Crippen LogP contribution in [-0.4, -0.2) is 46.6 Å². The third kappa shape index (κ3) is 6.16. The Balaban J connectivity index is 1.82. The molecule has 30 heavy (non-hydrogen) atoms. The highest BCUT2D eigenvalue weighted by Gasteiger charge is 2.17. The summed E-state index contributed by atoms with van der Waals surface area (Å²) in [6.45, 7) is 0.0154. The van der Waals surface area contributed by atoms with Gasteiger partial charge < -0.3 is 14.8 Å². The zero-order valence-corrected chi connectivity index (χ0v) is 17.4. The van der Waals surface area contributed by atoms with Gasteiger partial charge in [-0.15, -0.1) is 0 Å². The smallest absolute Gasteiger partial charge is 0.270 e. The van der Waals surface area contributed by atoms with Gasteiger partial charge in [-0.05, 0) is 24.1 Å². The summed E-state index contributed by atoms with van der Waals surface area (Å²) in [5.74, 6) is 0.887. The van der Waals surface area contributed by atoms with Crippen molar-refractivity contribution in [3.8, 4) is 11.5 Å². The monoisotopic (exact) mass is 437 g/mol. The minimum Gasteiger partial charge on any atom is -0.493 e. The molecule has 2 aromatic carbocycles. The normalized spacial score (nSPS) is 11.0. The van der Waals surface area contributed by atoms with Gasteiger partial charge in [0.05, 0.1) is 24.0 Å². The quantitative estimate of drug-likeness (QED) is 0.310. The van der Waals surface area contributed by atoms with Crippen LogP contribution in [0.3, 0.4) is 0 Å². The predicted molar refractivity (Wildman–Crippen MR) is 109 cm³/mol. The van der Waals surface area contributed by atoms with E-state index in [4.69, 9.17) is 9.47 Å². The van der Waals surface area contributed by atoms with Crippen molar-refractivity contribution in [3.63, 3.8) is 0 Å². The minimum atomic E-state index is -3.92. The van der Waals surface area contributed by atoms with Crippen LogP contribution in [0.1, 0.15) is 12.0 Å². The van der Waals surface area contributed by atoms with Gasteiger partial charge in [0.1, 0.15) is 0 Å².